The highest BCUT2D eigenvalue weighted by Gasteiger charge is 2.23. The zero-order valence-corrected chi connectivity index (χ0v) is 14.3. The van der Waals surface area contributed by atoms with Gasteiger partial charge in [-0.1, -0.05) is 12.1 Å². The van der Waals surface area contributed by atoms with Crippen LogP contribution in [0.1, 0.15) is 43.7 Å². The number of nitrogens with one attached hydrogen (secondary N) is 1. The molecule has 1 amide bonds. The molecule has 0 aromatic heterocycles. The lowest BCUT2D eigenvalue weighted by molar-refractivity contribution is -0.129. The Morgan fingerprint density at radius 3 is 2.65 bits per heavy atom. The van der Waals surface area contributed by atoms with Crippen LogP contribution >= 0.6 is 0 Å². The number of likely N-dealkylation sites (tertiary alicyclic amines) is 1. The van der Waals surface area contributed by atoms with Crippen molar-refractivity contribution in [3.63, 3.8) is 0 Å². The standard InChI is InChI=1S/C19H28N2O2/c1-14-3-6-17(19(11-14)23-13-16-4-5-16)12-20-18-7-9-21(10-8-18)15(2)22/h3,6,11,16,18,20H,4-5,7-10,12-13H2,1-2H3. The molecule has 1 aliphatic heterocycles. The molecule has 0 unspecified atom stereocenters. The first-order valence-corrected chi connectivity index (χ1v) is 8.83. The predicted octanol–water partition coefficient (Wildman–Crippen LogP) is 2.88. The molecule has 126 valence electrons. The number of piperidine rings is 1. The maximum absolute atomic E-state index is 11.4. The highest BCUT2D eigenvalue weighted by Crippen LogP contribution is 2.30. The smallest absolute Gasteiger partial charge is 0.219 e. The highest BCUT2D eigenvalue weighted by atomic mass is 16.5. The normalized spacial score (nSPS) is 19.0. The lowest BCUT2D eigenvalue weighted by Crippen LogP contribution is -2.43. The third kappa shape index (κ3) is 4.71. The summed E-state index contributed by atoms with van der Waals surface area (Å²) in [6.07, 6.45) is 4.69. The number of carbonyl (C=O) groups excluding carboxylic acids is 1. The Labute approximate surface area is 139 Å². The number of nitrogens with zero attached hydrogens (tertiary/aromatic N) is 1. The summed E-state index contributed by atoms with van der Waals surface area (Å²) >= 11 is 0. The van der Waals surface area contributed by atoms with Gasteiger partial charge in [-0.15, -0.1) is 0 Å². The maximum atomic E-state index is 11.4. The molecule has 23 heavy (non-hydrogen) atoms. The van der Waals surface area contributed by atoms with Crippen molar-refractivity contribution < 1.29 is 9.53 Å². The molecule has 1 aromatic rings. The van der Waals surface area contributed by atoms with E-state index in [4.69, 9.17) is 4.74 Å². The monoisotopic (exact) mass is 316 g/mol. The number of benzene rings is 1. The Kier molecular flexibility index (Phi) is 5.21. The van der Waals surface area contributed by atoms with Crippen LogP contribution in [0.5, 0.6) is 5.75 Å². The Morgan fingerprint density at radius 1 is 1.26 bits per heavy atom. The van der Waals surface area contributed by atoms with Gasteiger partial charge in [0.05, 0.1) is 6.61 Å². The molecule has 1 saturated carbocycles. The van der Waals surface area contributed by atoms with Crippen LogP contribution < -0.4 is 10.1 Å². The number of aryl methyl sites for hydroxylation is 1. The van der Waals surface area contributed by atoms with E-state index in [1.165, 1.54) is 24.0 Å². The summed E-state index contributed by atoms with van der Waals surface area (Å²) in [5, 5.41) is 3.64. The average Bonchev–Trinajstić information content (AvgIpc) is 3.36. The Hall–Kier alpha value is -1.55. The second kappa shape index (κ2) is 7.35. The molecule has 3 rings (SSSR count). The molecule has 1 heterocycles. The van der Waals surface area contributed by atoms with Crippen molar-refractivity contribution in [3.05, 3.63) is 29.3 Å². The van der Waals surface area contributed by atoms with Crippen molar-refractivity contribution in [3.8, 4) is 5.75 Å². The van der Waals surface area contributed by atoms with E-state index in [0.29, 0.717) is 6.04 Å². The number of ether oxygens (including phenoxy) is 1. The molecule has 1 saturated heterocycles. The Balaban J connectivity index is 1.52. The van der Waals surface area contributed by atoms with Gasteiger partial charge in [0.15, 0.2) is 0 Å². The average molecular weight is 316 g/mol. The van der Waals surface area contributed by atoms with Gasteiger partial charge < -0.3 is 15.0 Å². The van der Waals surface area contributed by atoms with Crippen molar-refractivity contribution in [2.75, 3.05) is 19.7 Å². The molecular weight excluding hydrogens is 288 g/mol. The van der Waals surface area contributed by atoms with Crippen molar-refractivity contribution in [1.29, 1.82) is 0 Å². The molecule has 1 N–H and O–H groups in total. The summed E-state index contributed by atoms with van der Waals surface area (Å²) in [4.78, 5) is 13.3. The van der Waals surface area contributed by atoms with Crippen LogP contribution in [0.25, 0.3) is 0 Å². The van der Waals surface area contributed by atoms with Gasteiger partial charge in [-0.3, -0.25) is 4.79 Å². The fourth-order valence-electron chi connectivity index (χ4n) is 3.09. The van der Waals surface area contributed by atoms with Gasteiger partial charge in [-0.05, 0) is 50.2 Å². The van der Waals surface area contributed by atoms with Crippen molar-refractivity contribution in [1.82, 2.24) is 10.2 Å². The quantitative estimate of drug-likeness (QED) is 0.877. The Bertz CT molecular complexity index is 546. The van der Waals surface area contributed by atoms with Crippen LogP contribution in [0.2, 0.25) is 0 Å². The number of rotatable bonds is 6. The molecule has 2 fully saturated rings. The number of hydrogen-bond acceptors (Lipinski definition) is 3. The van der Waals surface area contributed by atoms with Gasteiger partial charge in [0.1, 0.15) is 5.75 Å². The summed E-state index contributed by atoms with van der Waals surface area (Å²) in [6, 6.07) is 6.97. The van der Waals surface area contributed by atoms with E-state index in [2.05, 4.69) is 30.4 Å². The van der Waals surface area contributed by atoms with Gasteiger partial charge in [0, 0.05) is 38.2 Å². The summed E-state index contributed by atoms with van der Waals surface area (Å²) in [5.74, 6) is 2.00. The molecule has 1 aliphatic carbocycles. The minimum Gasteiger partial charge on any atom is -0.493 e. The van der Waals surface area contributed by atoms with Crippen LogP contribution in [-0.2, 0) is 11.3 Å². The second-order valence-electron chi connectivity index (χ2n) is 7.03. The van der Waals surface area contributed by atoms with Crippen molar-refractivity contribution in [2.24, 2.45) is 5.92 Å². The number of amides is 1. The lowest BCUT2D eigenvalue weighted by atomic mass is 10.0. The molecule has 4 nitrogen and oxygen atoms in total. The van der Waals surface area contributed by atoms with Gasteiger partial charge in [-0.2, -0.15) is 0 Å². The summed E-state index contributed by atoms with van der Waals surface area (Å²) in [6.45, 7) is 7.19. The maximum Gasteiger partial charge on any atom is 0.219 e. The topological polar surface area (TPSA) is 41.6 Å². The van der Waals surface area contributed by atoms with E-state index < -0.39 is 0 Å². The molecule has 4 heteroatoms. The van der Waals surface area contributed by atoms with Gasteiger partial charge >= 0.3 is 0 Å². The van der Waals surface area contributed by atoms with Crippen LogP contribution in [0, 0.1) is 12.8 Å². The van der Waals surface area contributed by atoms with E-state index in [-0.39, 0.29) is 5.91 Å². The van der Waals surface area contributed by atoms with Crippen LogP contribution in [0.15, 0.2) is 18.2 Å². The van der Waals surface area contributed by atoms with Gasteiger partial charge in [0.2, 0.25) is 5.91 Å². The number of carbonyl (C=O) groups is 1. The van der Waals surface area contributed by atoms with E-state index >= 15 is 0 Å². The van der Waals surface area contributed by atoms with Crippen LogP contribution in [0.3, 0.4) is 0 Å². The van der Waals surface area contributed by atoms with Gasteiger partial charge in [-0.25, -0.2) is 0 Å². The summed E-state index contributed by atoms with van der Waals surface area (Å²) in [5.41, 5.74) is 2.49. The zero-order chi connectivity index (χ0) is 16.2. The first kappa shape index (κ1) is 16.3. The minimum atomic E-state index is 0.192. The molecule has 2 aliphatic rings. The van der Waals surface area contributed by atoms with Crippen LogP contribution in [-0.4, -0.2) is 36.5 Å². The molecule has 0 spiro atoms. The third-order valence-electron chi connectivity index (χ3n) is 4.92. The van der Waals surface area contributed by atoms with E-state index in [1.807, 2.05) is 4.90 Å². The predicted molar refractivity (Wildman–Crippen MR) is 91.5 cm³/mol. The summed E-state index contributed by atoms with van der Waals surface area (Å²) < 4.78 is 6.04. The van der Waals surface area contributed by atoms with Crippen molar-refractivity contribution in [2.45, 2.75) is 52.1 Å². The van der Waals surface area contributed by atoms with E-state index in [1.54, 1.807) is 6.92 Å². The Morgan fingerprint density at radius 2 is 2.00 bits per heavy atom. The third-order valence-corrected chi connectivity index (χ3v) is 4.92. The van der Waals surface area contributed by atoms with Crippen molar-refractivity contribution >= 4 is 5.91 Å². The first-order valence-electron chi connectivity index (χ1n) is 8.83. The highest BCUT2D eigenvalue weighted by molar-refractivity contribution is 5.73. The zero-order valence-electron chi connectivity index (χ0n) is 14.3. The molecular formula is C19H28N2O2. The molecule has 0 atom stereocenters. The lowest BCUT2D eigenvalue weighted by Gasteiger charge is -2.32. The summed E-state index contributed by atoms with van der Waals surface area (Å²) in [7, 11) is 0. The molecule has 1 aromatic carbocycles. The largest absolute Gasteiger partial charge is 0.493 e. The van der Waals surface area contributed by atoms with Gasteiger partial charge in [0.25, 0.3) is 0 Å². The number of hydrogen-bond donors (Lipinski definition) is 1. The fraction of sp³-hybridized carbons (Fsp3) is 0.632. The first-order chi connectivity index (χ1) is 11.1. The van der Waals surface area contributed by atoms with E-state index in [9.17, 15) is 4.79 Å². The molecule has 0 radical (unpaired) electrons. The fourth-order valence-corrected chi connectivity index (χ4v) is 3.09. The second-order valence-corrected chi connectivity index (χ2v) is 7.03. The molecule has 0 bridgehead atoms. The van der Waals surface area contributed by atoms with E-state index in [0.717, 1.165) is 50.8 Å². The minimum absolute atomic E-state index is 0.192. The van der Waals surface area contributed by atoms with Crippen LogP contribution in [0.4, 0.5) is 0 Å². The SMILES string of the molecule is CC(=O)N1CCC(NCc2ccc(C)cc2OCC2CC2)CC1.